The highest BCUT2D eigenvalue weighted by Gasteiger charge is 2.35. The van der Waals surface area contributed by atoms with E-state index in [0.717, 1.165) is 0 Å². The van der Waals surface area contributed by atoms with E-state index in [1.54, 1.807) is 14.0 Å². The summed E-state index contributed by atoms with van der Waals surface area (Å²) in [6.45, 7) is 5.44. The van der Waals surface area contributed by atoms with E-state index >= 15 is 0 Å². The highest BCUT2D eigenvalue weighted by Crippen LogP contribution is 2.20. The van der Waals surface area contributed by atoms with Gasteiger partial charge in [-0.3, -0.25) is 14.4 Å². The van der Waals surface area contributed by atoms with Crippen LogP contribution in [-0.4, -0.2) is 65.3 Å². The molecule has 0 saturated heterocycles. The number of rotatable bonds is 8. The summed E-state index contributed by atoms with van der Waals surface area (Å²) >= 11 is 0. The predicted molar refractivity (Wildman–Crippen MR) is 95.7 cm³/mol. The molecule has 0 fully saturated rings. The van der Waals surface area contributed by atoms with Gasteiger partial charge in [-0.25, -0.2) is 0 Å². The van der Waals surface area contributed by atoms with Gasteiger partial charge >= 0.3 is 0 Å². The van der Waals surface area contributed by atoms with E-state index in [0.29, 0.717) is 6.42 Å². The van der Waals surface area contributed by atoms with E-state index in [-0.39, 0.29) is 23.8 Å². The van der Waals surface area contributed by atoms with Gasteiger partial charge in [-0.15, -0.1) is 0 Å². The molecule has 148 valence electrons. The number of nitrogens with one attached hydrogen (secondary N) is 3. The SMILES string of the molecule is CN[C@@H](C)C(=O)N[C@@H]1C=C(C(=O)N[C@H](CC(C)C)C(N)=O)C[C@@H](O)[C@@H]1O. The second kappa shape index (κ2) is 9.65. The van der Waals surface area contributed by atoms with E-state index in [9.17, 15) is 24.6 Å². The van der Waals surface area contributed by atoms with Crippen LogP contribution in [0.1, 0.15) is 33.6 Å². The molecule has 1 aliphatic carbocycles. The molecule has 26 heavy (non-hydrogen) atoms. The number of likely N-dealkylation sites (N-methyl/N-ethyl adjacent to an activating group) is 1. The first-order valence-electron chi connectivity index (χ1n) is 8.71. The van der Waals surface area contributed by atoms with Gasteiger partial charge in [-0.1, -0.05) is 19.9 Å². The molecule has 0 aromatic heterocycles. The molecule has 0 heterocycles. The number of hydrogen-bond acceptors (Lipinski definition) is 6. The molecule has 0 aromatic rings. The van der Waals surface area contributed by atoms with Crippen molar-refractivity contribution in [3.63, 3.8) is 0 Å². The van der Waals surface area contributed by atoms with E-state index < -0.39 is 42.1 Å². The van der Waals surface area contributed by atoms with E-state index in [2.05, 4.69) is 16.0 Å². The molecule has 3 amide bonds. The van der Waals surface area contributed by atoms with Gasteiger partial charge in [0.2, 0.25) is 17.7 Å². The average molecular weight is 370 g/mol. The summed E-state index contributed by atoms with van der Waals surface area (Å²) in [5, 5.41) is 28.0. The molecule has 0 bridgehead atoms. The lowest BCUT2D eigenvalue weighted by Crippen LogP contribution is -2.54. The number of aliphatic hydroxyl groups is 2. The summed E-state index contributed by atoms with van der Waals surface area (Å²) in [5.74, 6) is -1.43. The van der Waals surface area contributed by atoms with Gasteiger partial charge < -0.3 is 31.9 Å². The Morgan fingerprint density at radius 1 is 1.27 bits per heavy atom. The maximum atomic E-state index is 12.5. The number of aliphatic hydroxyl groups excluding tert-OH is 2. The number of primary amides is 1. The van der Waals surface area contributed by atoms with Crippen LogP contribution in [0.2, 0.25) is 0 Å². The van der Waals surface area contributed by atoms with E-state index in [1.165, 1.54) is 6.08 Å². The van der Waals surface area contributed by atoms with Gasteiger partial charge in [0.25, 0.3) is 0 Å². The summed E-state index contributed by atoms with van der Waals surface area (Å²) < 4.78 is 0. The molecule has 0 aromatic carbocycles. The summed E-state index contributed by atoms with van der Waals surface area (Å²) in [4.78, 5) is 36.0. The van der Waals surface area contributed by atoms with Crippen LogP contribution in [0.15, 0.2) is 11.6 Å². The standard InChI is InChI=1S/C17H30N4O5/c1-8(2)5-12(15(18)24)21-17(26)10-6-11(14(23)13(22)7-10)20-16(25)9(3)19-4/h6,8-9,11-14,19,22-23H,5,7H2,1-4H3,(H2,18,24)(H,20,25)(H,21,26)/t9-,11+,12+,13+,14+/m0/s1. The molecule has 1 rings (SSSR count). The minimum Gasteiger partial charge on any atom is -0.390 e. The molecule has 0 unspecified atom stereocenters. The summed E-state index contributed by atoms with van der Waals surface area (Å²) in [6, 6.07) is -2.25. The van der Waals surface area contributed by atoms with Crippen molar-refractivity contribution in [2.45, 2.75) is 63.9 Å². The van der Waals surface area contributed by atoms with Gasteiger partial charge in [0, 0.05) is 12.0 Å². The van der Waals surface area contributed by atoms with E-state index in [4.69, 9.17) is 5.73 Å². The Kier molecular flexibility index (Phi) is 8.19. The monoisotopic (exact) mass is 370 g/mol. The second-order valence-electron chi connectivity index (χ2n) is 7.06. The van der Waals surface area contributed by atoms with Crippen LogP contribution in [-0.2, 0) is 14.4 Å². The maximum Gasteiger partial charge on any atom is 0.247 e. The molecule has 9 nitrogen and oxygen atoms in total. The van der Waals surface area contributed by atoms with Gasteiger partial charge in [0.15, 0.2) is 0 Å². The molecule has 0 radical (unpaired) electrons. The fourth-order valence-corrected chi connectivity index (χ4v) is 2.65. The van der Waals surface area contributed by atoms with E-state index in [1.807, 2.05) is 13.8 Å². The average Bonchev–Trinajstić information content (AvgIpc) is 2.56. The van der Waals surface area contributed by atoms with Crippen molar-refractivity contribution in [3.8, 4) is 0 Å². The maximum absolute atomic E-state index is 12.5. The Labute approximate surface area is 153 Å². The van der Waals surface area contributed by atoms with Crippen molar-refractivity contribution in [3.05, 3.63) is 11.6 Å². The van der Waals surface area contributed by atoms with Crippen LogP contribution >= 0.6 is 0 Å². The Hall–Kier alpha value is -1.97. The zero-order valence-corrected chi connectivity index (χ0v) is 15.7. The van der Waals surface area contributed by atoms with Crippen LogP contribution < -0.4 is 21.7 Å². The topological polar surface area (TPSA) is 154 Å². The predicted octanol–water partition coefficient (Wildman–Crippen LogP) is -1.85. The van der Waals surface area contributed by atoms with Crippen molar-refractivity contribution >= 4 is 17.7 Å². The van der Waals surface area contributed by atoms with Crippen molar-refractivity contribution in [1.82, 2.24) is 16.0 Å². The molecule has 7 N–H and O–H groups in total. The quantitative estimate of drug-likeness (QED) is 0.295. The Morgan fingerprint density at radius 3 is 2.38 bits per heavy atom. The normalized spacial score (nSPS) is 25.2. The van der Waals surface area contributed by atoms with Crippen LogP contribution in [0, 0.1) is 5.92 Å². The third-order valence-electron chi connectivity index (χ3n) is 4.35. The van der Waals surface area contributed by atoms with Crippen molar-refractivity contribution in [1.29, 1.82) is 0 Å². The van der Waals surface area contributed by atoms with Crippen LogP contribution in [0.5, 0.6) is 0 Å². The minimum absolute atomic E-state index is 0.0892. The molecule has 0 saturated carbocycles. The fraction of sp³-hybridized carbons (Fsp3) is 0.706. The zero-order valence-electron chi connectivity index (χ0n) is 15.7. The Bertz CT molecular complexity index is 563. The second-order valence-corrected chi connectivity index (χ2v) is 7.06. The van der Waals surface area contributed by atoms with Crippen LogP contribution in [0.25, 0.3) is 0 Å². The Balaban J connectivity index is 2.91. The van der Waals surface area contributed by atoms with Gasteiger partial charge in [0.05, 0.1) is 18.2 Å². The summed E-state index contributed by atoms with van der Waals surface area (Å²) in [7, 11) is 1.61. The van der Waals surface area contributed by atoms with Gasteiger partial charge in [0.1, 0.15) is 12.1 Å². The van der Waals surface area contributed by atoms with Crippen LogP contribution in [0.3, 0.4) is 0 Å². The first kappa shape index (κ1) is 22.1. The number of amides is 3. The lowest BCUT2D eigenvalue weighted by atomic mass is 9.89. The molecule has 1 aliphatic rings. The number of carbonyl (C=O) groups is 3. The van der Waals surface area contributed by atoms with Crippen molar-refractivity contribution in [2.75, 3.05) is 7.05 Å². The van der Waals surface area contributed by atoms with Crippen molar-refractivity contribution < 1.29 is 24.6 Å². The lowest BCUT2D eigenvalue weighted by Gasteiger charge is -2.32. The third-order valence-corrected chi connectivity index (χ3v) is 4.35. The zero-order chi connectivity index (χ0) is 20.0. The highest BCUT2D eigenvalue weighted by molar-refractivity contribution is 5.97. The summed E-state index contributed by atoms with van der Waals surface area (Å²) in [6.07, 6.45) is -0.747. The Morgan fingerprint density at radius 2 is 1.88 bits per heavy atom. The van der Waals surface area contributed by atoms with Crippen LogP contribution in [0.4, 0.5) is 0 Å². The largest absolute Gasteiger partial charge is 0.390 e. The first-order valence-corrected chi connectivity index (χ1v) is 8.71. The third kappa shape index (κ3) is 6.08. The molecule has 0 spiro atoms. The van der Waals surface area contributed by atoms with Gasteiger partial charge in [-0.2, -0.15) is 0 Å². The summed E-state index contributed by atoms with van der Waals surface area (Å²) in [5.41, 5.74) is 5.51. The van der Waals surface area contributed by atoms with Gasteiger partial charge in [-0.05, 0) is 26.3 Å². The number of hydrogen-bond donors (Lipinski definition) is 6. The minimum atomic E-state index is -1.23. The van der Waals surface area contributed by atoms with Crippen molar-refractivity contribution in [2.24, 2.45) is 11.7 Å². The molecule has 0 aliphatic heterocycles. The first-order chi connectivity index (χ1) is 12.1. The molecule has 9 heteroatoms. The fourth-order valence-electron chi connectivity index (χ4n) is 2.65. The molecular weight excluding hydrogens is 340 g/mol. The highest BCUT2D eigenvalue weighted by atomic mass is 16.3. The molecular formula is C17H30N4O5. The smallest absolute Gasteiger partial charge is 0.247 e. The lowest BCUT2D eigenvalue weighted by molar-refractivity contribution is -0.126. The molecule has 5 atom stereocenters. The number of carbonyl (C=O) groups excluding carboxylic acids is 3. The number of nitrogens with two attached hydrogens (primary N) is 1.